The maximum Gasteiger partial charge on any atom is 0.416 e. The van der Waals surface area contributed by atoms with E-state index in [0.29, 0.717) is 12.1 Å². The van der Waals surface area contributed by atoms with Gasteiger partial charge in [-0.15, -0.1) is 0 Å². The van der Waals surface area contributed by atoms with E-state index < -0.39 is 46.4 Å². The Morgan fingerprint density at radius 1 is 1.29 bits per heavy atom. The van der Waals surface area contributed by atoms with Crippen molar-refractivity contribution in [2.45, 2.75) is 32.2 Å². The standard InChI is InChI=1S/C16H20F3N3O6/c1-9(15(24)28-10(2)14(23)20-6-7-27-3)21-12-5-4-11(16(17,18)19)8-13(12)22(25)26/h4-5,8-10,21H,6-7H2,1-3H3,(H,20,23)/t9-,10+/m0/s1. The highest BCUT2D eigenvalue weighted by atomic mass is 19.4. The summed E-state index contributed by atoms with van der Waals surface area (Å²) < 4.78 is 47.9. The monoisotopic (exact) mass is 407 g/mol. The van der Waals surface area contributed by atoms with Crippen molar-refractivity contribution in [3.05, 3.63) is 33.9 Å². The van der Waals surface area contributed by atoms with Gasteiger partial charge in [-0.1, -0.05) is 0 Å². The number of ether oxygens (including phenoxy) is 2. The molecule has 9 nitrogen and oxygen atoms in total. The zero-order valence-corrected chi connectivity index (χ0v) is 15.3. The van der Waals surface area contributed by atoms with Gasteiger partial charge in [0, 0.05) is 19.7 Å². The van der Waals surface area contributed by atoms with Crippen LogP contribution in [0.25, 0.3) is 0 Å². The van der Waals surface area contributed by atoms with Crippen LogP contribution in [0, 0.1) is 10.1 Å². The summed E-state index contributed by atoms with van der Waals surface area (Å²) in [4.78, 5) is 33.9. The van der Waals surface area contributed by atoms with Gasteiger partial charge in [-0.3, -0.25) is 14.9 Å². The number of methoxy groups -OCH3 is 1. The van der Waals surface area contributed by atoms with Crippen LogP contribution in [0.5, 0.6) is 0 Å². The van der Waals surface area contributed by atoms with Gasteiger partial charge in [0.15, 0.2) is 6.10 Å². The van der Waals surface area contributed by atoms with E-state index in [4.69, 9.17) is 9.47 Å². The van der Waals surface area contributed by atoms with Crippen LogP contribution < -0.4 is 10.6 Å². The van der Waals surface area contributed by atoms with E-state index in [1.165, 1.54) is 21.0 Å². The van der Waals surface area contributed by atoms with E-state index in [1.807, 2.05) is 0 Å². The number of carbonyl (C=O) groups is 2. The lowest BCUT2D eigenvalue weighted by molar-refractivity contribution is -0.384. The van der Waals surface area contributed by atoms with Crippen LogP contribution >= 0.6 is 0 Å². The third kappa shape index (κ3) is 6.68. The zero-order valence-electron chi connectivity index (χ0n) is 15.3. The average molecular weight is 407 g/mol. The van der Waals surface area contributed by atoms with Gasteiger partial charge in [-0.05, 0) is 26.0 Å². The normalized spacial score (nSPS) is 13.4. The summed E-state index contributed by atoms with van der Waals surface area (Å²) in [6, 6.07) is 0.710. The van der Waals surface area contributed by atoms with Crippen LogP contribution in [-0.2, 0) is 25.2 Å². The van der Waals surface area contributed by atoms with Crippen molar-refractivity contribution in [2.75, 3.05) is 25.6 Å². The van der Waals surface area contributed by atoms with E-state index in [2.05, 4.69) is 10.6 Å². The summed E-state index contributed by atoms with van der Waals surface area (Å²) in [6.45, 7) is 3.09. The minimum atomic E-state index is -4.75. The highest BCUT2D eigenvalue weighted by Gasteiger charge is 2.33. The minimum absolute atomic E-state index is 0.211. The predicted molar refractivity (Wildman–Crippen MR) is 91.6 cm³/mol. The first-order chi connectivity index (χ1) is 13.0. The number of hydrogen-bond donors (Lipinski definition) is 2. The number of benzene rings is 1. The van der Waals surface area contributed by atoms with Crippen LogP contribution in [-0.4, -0.2) is 49.2 Å². The Morgan fingerprint density at radius 2 is 1.93 bits per heavy atom. The molecule has 1 aromatic carbocycles. The zero-order chi connectivity index (χ0) is 21.5. The Bertz CT molecular complexity index is 726. The Balaban J connectivity index is 2.81. The highest BCUT2D eigenvalue weighted by Crippen LogP contribution is 2.35. The molecule has 0 heterocycles. The number of amides is 1. The number of nitrogens with one attached hydrogen (secondary N) is 2. The second kappa shape index (κ2) is 9.88. The van der Waals surface area contributed by atoms with E-state index in [-0.39, 0.29) is 18.8 Å². The van der Waals surface area contributed by atoms with E-state index in [9.17, 15) is 32.9 Å². The second-order valence-corrected chi connectivity index (χ2v) is 5.72. The Labute approximate surface area is 158 Å². The number of hydrogen-bond acceptors (Lipinski definition) is 7. The van der Waals surface area contributed by atoms with Crippen molar-refractivity contribution < 1.29 is 37.2 Å². The molecule has 0 aliphatic carbocycles. The second-order valence-electron chi connectivity index (χ2n) is 5.72. The Morgan fingerprint density at radius 3 is 2.46 bits per heavy atom. The number of nitro groups is 1. The predicted octanol–water partition coefficient (Wildman–Crippen LogP) is 2.11. The topological polar surface area (TPSA) is 120 Å². The molecule has 12 heteroatoms. The number of rotatable bonds is 9. The van der Waals surface area contributed by atoms with Gasteiger partial charge < -0.3 is 20.1 Å². The van der Waals surface area contributed by atoms with Crippen LogP contribution in [0.3, 0.4) is 0 Å². The molecule has 0 spiro atoms. The fourth-order valence-corrected chi connectivity index (χ4v) is 2.02. The summed E-state index contributed by atoms with van der Waals surface area (Å²) in [7, 11) is 1.45. The quantitative estimate of drug-likeness (QED) is 0.278. The van der Waals surface area contributed by atoms with Gasteiger partial charge in [-0.2, -0.15) is 13.2 Å². The van der Waals surface area contributed by atoms with Crippen molar-refractivity contribution in [1.82, 2.24) is 5.32 Å². The largest absolute Gasteiger partial charge is 0.451 e. The number of anilines is 1. The number of esters is 1. The molecular weight excluding hydrogens is 387 g/mol. The fraction of sp³-hybridized carbons (Fsp3) is 0.500. The van der Waals surface area contributed by atoms with Crippen LogP contribution in [0.1, 0.15) is 19.4 Å². The molecule has 2 atom stereocenters. The Hall–Kier alpha value is -2.89. The molecule has 0 aliphatic heterocycles. The molecule has 1 aromatic rings. The van der Waals surface area contributed by atoms with Gasteiger partial charge in [0.1, 0.15) is 11.7 Å². The minimum Gasteiger partial charge on any atom is -0.451 e. The molecule has 1 rings (SSSR count). The molecule has 28 heavy (non-hydrogen) atoms. The molecule has 0 bridgehead atoms. The molecule has 2 N–H and O–H groups in total. The average Bonchev–Trinajstić information content (AvgIpc) is 2.60. The van der Waals surface area contributed by atoms with Gasteiger partial charge in [-0.25, -0.2) is 4.79 Å². The summed E-state index contributed by atoms with van der Waals surface area (Å²) in [5.74, 6) is -1.48. The Kier molecular flexibility index (Phi) is 8.16. The molecule has 156 valence electrons. The molecule has 0 fully saturated rings. The maximum atomic E-state index is 12.7. The summed E-state index contributed by atoms with van der Waals surface area (Å²) in [5, 5.41) is 16.0. The third-order valence-electron chi connectivity index (χ3n) is 3.51. The lowest BCUT2D eigenvalue weighted by Crippen LogP contribution is -2.40. The first-order valence-electron chi connectivity index (χ1n) is 8.06. The third-order valence-corrected chi connectivity index (χ3v) is 3.51. The van der Waals surface area contributed by atoms with Gasteiger partial charge >= 0.3 is 12.1 Å². The van der Waals surface area contributed by atoms with E-state index in [0.717, 1.165) is 6.07 Å². The highest BCUT2D eigenvalue weighted by molar-refractivity contribution is 5.86. The first kappa shape index (κ1) is 23.1. The number of nitro benzene ring substituents is 1. The van der Waals surface area contributed by atoms with Crippen molar-refractivity contribution >= 4 is 23.3 Å². The molecule has 1 amide bonds. The van der Waals surface area contributed by atoms with Crippen molar-refractivity contribution in [3.63, 3.8) is 0 Å². The van der Waals surface area contributed by atoms with Crippen LogP contribution in [0.4, 0.5) is 24.5 Å². The van der Waals surface area contributed by atoms with Crippen molar-refractivity contribution in [3.8, 4) is 0 Å². The van der Waals surface area contributed by atoms with Gasteiger partial charge in [0.25, 0.3) is 11.6 Å². The van der Waals surface area contributed by atoms with E-state index >= 15 is 0 Å². The first-order valence-corrected chi connectivity index (χ1v) is 8.06. The molecule has 0 unspecified atom stereocenters. The number of halogens is 3. The van der Waals surface area contributed by atoms with Crippen LogP contribution in [0.15, 0.2) is 18.2 Å². The summed E-state index contributed by atoms with van der Waals surface area (Å²) in [5.41, 5.74) is -2.33. The molecule has 0 radical (unpaired) electrons. The summed E-state index contributed by atoms with van der Waals surface area (Å²) >= 11 is 0. The summed E-state index contributed by atoms with van der Waals surface area (Å²) in [6.07, 6.45) is -5.89. The molecule has 0 saturated carbocycles. The smallest absolute Gasteiger partial charge is 0.416 e. The van der Waals surface area contributed by atoms with E-state index in [1.54, 1.807) is 0 Å². The lowest BCUT2D eigenvalue weighted by Gasteiger charge is -2.18. The van der Waals surface area contributed by atoms with Gasteiger partial charge in [0.2, 0.25) is 0 Å². The molecular formula is C16H20F3N3O6. The number of alkyl halides is 3. The van der Waals surface area contributed by atoms with Crippen molar-refractivity contribution in [1.29, 1.82) is 0 Å². The van der Waals surface area contributed by atoms with Crippen LogP contribution in [0.2, 0.25) is 0 Å². The lowest BCUT2D eigenvalue weighted by atomic mass is 10.1. The molecule has 0 aliphatic rings. The molecule has 0 saturated heterocycles. The molecule has 0 aromatic heterocycles. The fourth-order valence-electron chi connectivity index (χ4n) is 2.02. The number of carbonyl (C=O) groups excluding carboxylic acids is 2. The van der Waals surface area contributed by atoms with Crippen molar-refractivity contribution in [2.24, 2.45) is 0 Å². The SMILES string of the molecule is COCCNC(=O)[C@@H](C)OC(=O)[C@H](C)Nc1ccc(C(F)(F)F)cc1[N+](=O)[O-]. The number of nitrogens with zero attached hydrogens (tertiary/aromatic N) is 1. The maximum absolute atomic E-state index is 12.7. The van der Waals surface area contributed by atoms with Gasteiger partial charge in [0.05, 0.1) is 17.1 Å².